The summed E-state index contributed by atoms with van der Waals surface area (Å²) < 4.78 is 24.3. The van der Waals surface area contributed by atoms with E-state index in [0.29, 0.717) is 23.7 Å². The summed E-state index contributed by atoms with van der Waals surface area (Å²) in [5.41, 5.74) is 7.10. The van der Waals surface area contributed by atoms with E-state index in [-0.39, 0.29) is 12.4 Å². The number of nitrogens with two attached hydrogens (primary N) is 1. The third kappa shape index (κ3) is 3.56. The standard InChI is InChI=1S/C16H18FNO2/c1-19-10-9-12-5-7-13(8-6-12)20-16-4-2-3-15(17)14(16)11-18/h2-8H,9-11,18H2,1H3. The first-order valence-corrected chi connectivity index (χ1v) is 6.47. The van der Waals surface area contributed by atoms with Crippen LogP contribution in [0.15, 0.2) is 42.5 Å². The lowest BCUT2D eigenvalue weighted by atomic mass is 10.1. The Bertz CT molecular complexity index is 555. The molecule has 0 bridgehead atoms. The molecule has 0 saturated heterocycles. The maximum Gasteiger partial charge on any atom is 0.134 e. The van der Waals surface area contributed by atoms with Crippen molar-refractivity contribution in [1.82, 2.24) is 0 Å². The third-order valence-corrected chi connectivity index (χ3v) is 3.03. The zero-order chi connectivity index (χ0) is 14.4. The topological polar surface area (TPSA) is 44.5 Å². The van der Waals surface area contributed by atoms with E-state index in [9.17, 15) is 4.39 Å². The summed E-state index contributed by atoms with van der Waals surface area (Å²) >= 11 is 0. The summed E-state index contributed by atoms with van der Waals surface area (Å²) in [6.07, 6.45) is 0.852. The molecule has 0 saturated carbocycles. The van der Waals surface area contributed by atoms with Crippen molar-refractivity contribution < 1.29 is 13.9 Å². The molecule has 0 heterocycles. The van der Waals surface area contributed by atoms with E-state index in [1.54, 1.807) is 19.2 Å². The minimum absolute atomic E-state index is 0.105. The SMILES string of the molecule is COCCc1ccc(Oc2cccc(F)c2CN)cc1. The molecule has 0 unspecified atom stereocenters. The van der Waals surface area contributed by atoms with Crippen LogP contribution in [0.3, 0.4) is 0 Å². The van der Waals surface area contributed by atoms with Crippen molar-refractivity contribution in [3.8, 4) is 11.5 Å². The van der Waals surface area contributed by atoms with Gasteiger partial charge in [0.05, 0.1) is 6.61 Å². The predicted octanol–water partition coefficient (Wildman–Crippen LogP) is 3.27. The van der Waals surface area contributed by atoms with Gasteiger partial charge in [-0.05, 0) is 36.2 Å². The first-order valence-electron chi connectivity index (χ1n) is 6.47. The molecule has 2 N–H and O–H groups in total. The van der Waals surface area contributed by atoms with Gasteiger partial charge in [0.15, 0.2) is 0 Å². The highest BCUT2D eigenvalue weighted by Gasteiger charge is 2.08. The van der Waals surface area contributed by atoms with Gasteiger partial charge in [-0.1, -0.05) is 18.2 Å². The monoisotopic (exact) mass is 275 g/mol. The maximum atomic E-state index is 13.6. The number of hydrogen-bond acceptors (Lipinski definition) is 3. The smallest absolute Gasteiger partial charge is 0.134 e. The molecule has 0 spiro atoms. The van der Waals surface area contributed by atoms with Gasteiger partial charge in [0.2, 0.25) is 0 Å². The van der Waals surface area contributed by atoms with E-state index in [0.717, 1.165) is 12.0 Å². The van der Waals surface area contributed by atoms with Gasteiger partial charge in [0, 0.05) is 19.2 Å². The highest BCUT2D eigenvalue weighted by Crippen LogP contribution is 2.27. The van der Waals surface area contributed by atoms with Crippen molar-refractivity contribution in [1.29, 1.82) is 0 Å². The lowest BCUT2D eigenvalue weighted by Crippen LogP contribution is -2.02. The molecule has 0 radical (unpaired) electrons. The number of hydrogen-bond donors (Lipinski definition) is 1. The van der Waals surface area contributed by atoms with Crippen LogP contribution in [-0.2, 0) is 17.7 Å². The Kier molecular flexibility index (Phi) is 5.09. The lowest BCUT2D eigenvalue weighted by Gasteiger charge is -2.11. The van der Waals surface area contributed by atoms with Crippen molar-refractivity contribution in [2.45, 2.75) is 13.0 Å². The van der Waals surface area contributed by atoms with E-state index in [1.807, 2.05) is 24.3 Å². The van der Waals surface area contributed by atoms with Crippen molar-refractivity contribution in [2.24, 2.45) is 5.73 Å². The molecule has 0 fully saturated rings. The molecule has 2 aromatic carbocycles. The fourth-order valence-corrected chi connectivity index (χ4v) is 1.90. The molecular formula is C16H18FNO2. The van der Waals surface area contributed by atoms with Gasteiger partial charge in [0.25, 0.3) is 0 Å². The Morgan fingerprint density at radius 1 is 1.10 bits per heavy atom. The van der Waals surface area contributed by atoms with Crippen LogP contribution in [0.1, 0.15) is 11.1 Å². The van der Waals surface area contributed by atoms with Crippen LogP contribution in [0.4, 0.5) is 4.39 Å². The van der Waals surface area contributed by atoms with E-state index < -0.39 is 0 Å². The third-order valence-electron chi connectivity index (χ3n) is 3.03. The molecule has 4 heteroatoms. The van der Waals surface area contributed by atoms with Gasteiger partial charge >= 0.3 is 0 Å². The Labute approximate surface area is 118 Å². The van der Waals surface area contributed by atoms with Gasteiger partial charge < -0.3 is 15.2 Å². The van der Waals surface area contributed by atoms with E-state index in [4.69, 9.17) is 15.2 Å². The van der Waals surface area contributed by atoms with Crippen molar-refractivity contribution >= 4 is 0 Å². The molecular weight excluding hydrogens is 257 g/mol. The second kappa shape index (κ2) is 7.03. The van der Waals surface area contributed by atoms with Crippen LogP contribution >= 0.6 is 0 Å². The molecule has 20 heavy (non-hydrogen) atoms. The highest BCUT2D eigenvalue weighted by atomic mass is 19.1. The number of benzene rings is 2. The van der Waals surface area contributed by atoms with Gasteiger partial charge in [-0.2, -0.15) is 0 Å². The Balaban J connectivity index is 2.12. The molecule has 2 aromatic rings. The highest BCUT2D eigenvalue weighted by molar-refractivity contribution is 5.39. The van der Waals surface area contributed by atoms with Crippen LogP contribution in [0.5, 0.6) is 11.5 Å². The van der Waals surface area contributed by atoms with Crippen LogP contribution in [0, 0.1) is 5.82 Å². The molecule has 0 amide bonds. The number of ether oxygens (including phenoxy) is 2. The molecule has 0 aliphatic rings. The summed E-state index contributed by atoms with van der Waals surface area (Å²) in [6.45, 7) is 0.787. The van der Waals surface area contributed by atoms with Crippen LogP contribution in [0.2, 0.25) is 0 Å². The first-order chi connectivity index (χ1) is 9.74. The molecule has 3 nitrogen and oxygen atoms in total. The van der Waals surface area contributed by atoms with E-state index in [2.05, 4.69) is 0 Å². The second-order valence-corrected chi connectivity index (χ2v) is 4.41. The Hall–Kier alpha value is -1.91. The fourth-order valence-electron chi connectivity index (χ4n) is 1.90. The average Bonchev–Trinajstić information content (AvgIpc) is 2.47. The lowest BCUT2D eigenvalue weighted by molar-refractivity contribution is 0.202. The molecule has 2 rings (SSSR count). The molecule has 0 aliphatic heterocycles. The Morgan fingerprint density at radius 3 is 2.50 bits per heavy atom. The largest absolute Gasteiger partial charge is 0.457 e. The fraction of sp³-hybridized carbons (Fsp3) is 0.250. The molecule has 0 aromatic heterocycles. The number of rotatable bonds is 6. The summed E-state index contributed by atoms with van der Waals surface area (Å²) in [7, 11) is 1.68. The minimum atomic E-state index is -0.346. The van der Waals surface area contributed by atoms with E-state index >= 15 is 0 Å². The first kappa shape index (κ1) is 14.5. The zero-order valence-electron chi connectivity index (χ0n) is 11.4. The van der Waals surface area contributed by atoms with Crippen LogP contribution < -0.4 is 10.5 Å². The molecule has 0 atom stereocenters. The summed E-state index contributed by atoms with van der Waals surface area (Å²) in [5.74, 6) is 0.769. The van der Waals surface area contributed by atoms with Gasteiger partial charge in [0.1, 0.15) is 17.3 Å². The minimum Gasteiger partial charge on any atom is -0.457 e. The van der Waals surface area contributed by atoms with Crippen molar-refractivity contribution in [3.05, 3.63) is 59.4 Å². The van der Waals surface area contributed by atoms with E-state index in [1.165, 1.54) is 6.07 Å². The molecule has 0 aliphatic carbocycles. The maximum absolute atomic E-state index is 13.6. The Morgan fingerprint density at radius 2 is 1.85 bits per heavy atom. The zero-order valence-corrected chi connectivity index (χ0v) is 11.4. The van der Waals surface area contributed by atoms with Crippen LogP contribution in [-0.4, -0.2) is 13.7 Å². The van der Waals surface area contributed by atoms with Gasteiger partial charge in [-0.3, -0.25) is 0 Å². The predicted molar refractivity (Wildman–Crippen MR) is 76.4 cm³/mol. The van der Waals surface area contributed by atoms with Crippen molar-refractivity contribution in [3.63, 3.8) is 0 Å². The average molecular weight is 275 g/mol. The summed E-state index contributed by atoms with van der Waals surface area (Å²) in [6, 6.07) is 12.3. The number of methoxy groups -OCH3 is 1. The number of halogens is 1. The summed E-state index contributed by atoms with van der Waals surface area (Å²) in [4.78, 5) is 0. The van der Waals surface area contributed by atoms with Gasteiger partial charge in [-0.15, -0.1) is 0 Å². The molecule has 106 valence electrons. The normalized spacial score (nSPS) is 10.6. The summed E-state index contributed by atoms with van der Waals surface area (Å²) in [5, 5.41) is 0. The second-order valence-electron chi connectivity index (χ2n) is 4.41. The van der Waals surface area contributed by atoms with Gasteiger partial charge in [-0.25, -0.2) is 4.39 Å². The van der Waals surface area contributed by atoms with Crippen LogP contribution in [0.25, 0.3) is 0 Å². The van der Waals surface area contributed by atoms with Crippen molar-refractivity contribution in [2.75, 3.05) is 13.7 Å². The quantitative estimate of drug-likeness (QED) is 0.880.